The second kappa shape index (κ2) is 6.96. The zero-order chi connectivity index (χ0) is 13.5. The first-order valence-electron chi connectivity index (χ1n) is 6.38. The Hall–Kier alpha value is -1.79. The van der Waals surface area contributed by atoms with Gasteiger partial charge in [0.05, 0.1) is 6.07 Å². The van der Waals surface area contributed by atoms with Crippen molar-refractivity contribution in [1.82, 2.24) is 4.98 Å². The molecule has 0 aliphatic heterocycles. The third kappa shape index (κ3) is 3.84. The molecule has 0 bridgehead atoms. The summed E-state index contributed by atoms with van der Waals surface area (Å²) in [6.07, 6.45) is 5.27. The molecule has 0 aliphatic rings. The summed E-state index contributed by atoms with van der Waals surface area (Å²) in [6.45, 7) is 2.11. The maximum atomic E-state index is 8.86. The zero-order valence-corrected chi connectivity index (χ0v) is 11.7. The van der Waals surface area contributed by atoms with E-state index < -0.39 is 0 Å². The number of hydrogen-bond acceptors (Lipinski definition) is 3. The molecule has 0 radical (unpaired) electrons. The van der Waals surface area contributed by atoms with E-state index in [9.17, 15) is 0 Å². The summed E-state index contributed by atoms with van der Waals surface area (Å²) in [5.41, 5.74) is 1.16. The summed E-state index contributed by atoms with van der Waals surface area (Å²) in [7, 11) is 0. The smallest absolute Gasteiger partial charge is 0.0628 e. The summed E-state index contributed by atoms with van der Waals surface area (Å²) in [5, 5.41) is 8.86. The molecule has 0 amide bonds. The van der Waals surface area contributed by atoms with Crippen LogP contribution >= 0.6 is 11.8 Å². The lowest BCUT2D eigenvalue weighted by atomic mass is 9.95. The second-order valence-electron chi connectivity index (χ2n) is 4.34. The second-order valence-corrected chi connectivity index (χ2v) is 5.48. The van der Waals surface area contributed by atoms with E-state index in [0.29, 0.717) is 6.42 Å². The fourth-order valence-electron chi connectivity index (χ4n) is 1.95. The number of nitriles is 1. The van der Waals surface area contributed by atoms with E-state index in [0.717, 1.165) is 16.9 Å². The molecule has 2 rings (SSSR count). The minimum absolute atomic E-state index is 0.286. The standard InChI is InChI=1S/C16H16N2S/c1-2-13(8-9-17)14-10-16(12-18-11-14)19-15-6-4-3-5-7-15/h3-7,10-13H,2,8H2,1H3. The molecular weight excluding hydrogens is 252 g/mol. The summed E-state index contributed by atoms with van der Waals surface area (Å²) in [6, 6.07) is 14.7. The Balaban J connectivity index is 2.17. The Kier molecular flexibility index (Phi) is 5.00. The molecule has 3 heteroatoms. The Morgan fingerprint density at radius 3 is 2.68 bits per heavy atom. The van der Waals surface area contributed by atoms with Gasteiger partial charge < -0.3 is 0 Å². The van der Waals surface area contributed by atoms with Crippen LogP contribution in [0.2, 0.25) is 0 Å². The van der Waals surface area contributed by atoms with Crippen molar-refractivity contribution in [1.29, 1.82) is 5.26 Å². The van der Waals surface area contributed by atoms with Gasteiger partial charge in [-0.25, -0.2) is 0 Å². The monoisotopic (exact) mass is 268 g/mol. The topological polar surface area (TPSA) is 36.7 Å². The largest absolute Gasteiger partial charge is 0.263 e. The van der Waals surface area contributed by atoms with E-state index in [1.54, 1.807) is 11.8 Å². The first kappa shape index (κ1) is 13.6. The highest BCUT2D eigenvalue weighted by molar-refractivity contribution is 7.99. The highest BCUT2D eigenvalue weighted by atomic mass is 32.2. The highest BCUT2D eigenvalue weighted by Crippen LogP contribution is 2.30. The average molecular weight is 268 g/mol. The van der Waals surface area contributed by atoms with Gasteiger partial charge in [0.15, 0.2) is 0 Å². The van der Waals surface area contributed by atoms with Crippen LogP contribution in [0.25, 0.3) is 0 Å². The molecule has 0 saturated heterocycles. The Morgan fingerprint density at radius 2 is 2.00 bits per heavy atom. The van der Waals surface area contributed by atoms with Crippen molar-refractivity contribution >= 4 is 11.8 Å². The van der Waals surface area contributed by atoms with Crippen molar-refractivity contribution in [2.45, 2.75) is 35.5 Å². The van der Waals surface area contributed by atoms with Gasteiger partial charge in [0.25, 0.3) is 0 Å². The first-order valence-corrected chi connectivity index (χ1v) is 7.20. The minimum Gasteiger partial charge on any atom is -0.263 e. The quantitative estimate of drug-likeness (QED) is 0.792. The van der Waals surface area contributed by atoms with Gasteiger partial charge in [-0.05, 0) is 36.1 Å². The van der Waals surface area contributed by atoms with Crippen LogP contribution in [0.5, 0.6) is 0 Å². The van der Waals surface area contributed by atoms with Crippen molar-refractivity contribution in [3.63, 3.8) is 0 Å². The predicted molar refractivity (Wildman–Crippen MR) is 78.1 cm³/mol. The van der Waals surface area contributed by atoms with E-state index in [4.69, 9.17) is 5.26 Å². The van der Waals surface area contributed by atoms with Crippen LogP contribution in [0, 0.1) is 11.3 Å². The number of benzene rings is 1. The van der Waals surface area contributed by atoms with E-state index in [2.05, 4.69) is 36.2 Å². The molecule has 0 saturated carbocycles. The SMILES string of the molecule is CCC(CC#N)c1cncc(Sc2ccccc2)c1. The zero-order valence-electron chi connectivity index (χ0n) is 10.9. The van der Waals surface area contributed by atoms with Crippen LogP contribution in [0.3, 0.4) is 0 Å². The lowest BCUT2D eigenvalue weighted by Gasteiger charge is -2.12. The number of hydrogen-bond donors (Lipinski definition) is 0. The fraction of sp³-hybridized carbons (Fsp3) is 0.250. The first-order chi connectivity index (χ1) is 9.33. The summed E-state index contributed by atoms with van der Waals surface area (Å²) >= 11 is 1.70. The van der Waals surface area contributed by atoms with Gasteiger partial charge in [0.2, 0.25) is 0 Å². The number of nitrogens with zero attached hydrogens (tertiary/aromatic N) is 2. The number of pyridine rings is 1. The van der Waals surface area contributed by atoms with Gasteiger partial charge in [0, 0.05) is 28.6 Å². The van der Waals surface area contributed by atoms with Crippen LogP contribution in [-0.2, 0) is 0 Å². The van der Waals surface area contributed by atoms with Gasteiger partial charge >= 0.3 is 0 Å². The normalized spacial score (nSPS) is 11.8. The highest BCUT2D eigenvalue weighted by Gasteiger charge is 2.10. The summed E-state index contributed by atoms with van der Waals surface area (Å²) < 4.78 is 0. The molecule has 0 aliphatic carbocycles. The molecule has 2 nitrogen and oxygen atoms in total. The third-order valence-electron chi connectivity index (χ3n) is 3.02. The summed E-state index contributed by atoms with van der Waals surface area (Å²) in [5.74, 6) is 0.286. The molecule has 1 heterocycles. The Labute approximate surface area is 118 Å². The van der Waals surface area contributed by atoms with Crippen LogP contribution in [0.1, 0.15) is 31.2 Å². The molecule has 0 fully saturated rings. The number of aromatic nitrogens is 1. The molecule has 19 heavy (non-hydrogen) atoms. The van der Waals surface area contributed by atoms with Crippen molar-refractivity contribution in [3.8, 4) is 6.07 Å². The predicted octanol–water partition coefficient (Wildman–Crippen LogP) is 4.64. The van der Waals surface area contributed by atoms with E-state index in [-0.39, 0.29) is 5.92 Å². The molecule has 0 spiro atoms. The van der Waals surface area contributed by atoms with Crippen molar-refractivity contribution in [2.75, 3.05) is 0 Å². The van der Waals surface area contributed by atoms with Crippen LogP contribution in [0.4, 0.5) is 0 Å². The number of rotatable bonds is 5. The summed E-state index contributed by atoms with van der Waals surface area (Å²) in [4.78, 5) is 6.63. The molecular formula is C16H16N2S. The van der Waals surface area contributed by atoms with Crippen molar-refractivity contribution in [3.05, 3.63) is 54.4 Å². The maximum absolute atomic E-state index is 8.86. The van der Waals surface area contributed by atoms with Crippen molar-refractivity contribution in [2.24, 2.45) is 0 Å². The van der Waals surface area contributed by atoms with E-state index in [1.807, 2.05) is 30.6 Å². The molecule has 1 aromatic carbocycles. The van der Waals surface area contributed by atoms with E-state index in [1.165, 1.54) is 4.90 Å². The van der Waals surface area contributed by atoms with Crippen LogP contribution in [0.15, 0.2) is 58.6 Å². The lowest BCUT2D eigenvalue weighted by molar-refractivity contribution is 0.675. The van der Waals surface area contributed by atoms with Gasteiger partial charge in [-0.15, -0.1) is 0 Å². The molecule has 1 aromatic heterocycles. The van der Waals surface area contributed by atoms with Gasteiger partial charge in [-0.3, -0.25) is 4.98 Å². The van der Waals surface area contributed by atoms with Crippen molar-refractivity contribution < 1.29 is 0 Å². The Morgan fingerprint density at radius 1 is 1.21 bits per heavy atom. The third-order valence-corrected chi connectivity index (χ3v) is 3.98. The molecule has 96 valence electrons. The van der Waals surface area contributed by atoms with Crippen LogP contribution in [-0.4, -0.2) is 4.98 Å². The molecule has 0 N–H and O–H groups in total. The maximum Gasteiger partial charge on any atom is 0.0628 e. The van der Waals surface area contributed by atoms with Gasteiger partial charge in [-0.1, -0.05) is 36.9 Å². The van der Waals surface area contributed by atoms with Gasteiger partial charge in [0.1, 0.15) is 0 Å². The minimum atomic E-state index is 0.286. The average Bonchev–Trinajstić information content (AvgIpc) is 2.46. The molecule has 2 aromatic rings. The van der Waals surface area contributed by atoms with Gasteiger partial charge in [-0.2, -0.15) is 5.26 Å². The lowest BCUT2D eigenvalue weighted by Crippen LogP contribution is -1.97. The molecule has 1 unspecified atom stereocenters. The van der Waals surface area contributed by atoms with E-state index >= 15 is 0 Å². The Bertz CT molecular complexity index is 560. The fourth-order valence-corrected chi connectivity index (χ4v) is 2.82. The van der Waals surface area contributed by atoms with Crippen LogP contribution < -0.4 is 0 Å². The molecule has 1 atom stereocenters.